The number of aromatic nitrogens is 3. The Hall–Kier alpha value is -1.42. The Morgan fingerprint density at radius 1 is 0.967 bits per heavy atom. The van der Waals surface area contributed by atoms with E-state index in [1.54, 1.807) is 0 Å². The quantitative estimate of drug-likeness (QED) is 0.423. The molecule has 1 aliphatic rings. The second kappa shape index (κ2) is 12.4. The fourth-order valence-electron chi connectivity index (χ4n) is 4.44. The summed E-state index contributed by atoms with van der Waals surface area (Å²) in [5, 5.41) is 11.2. The van der Waals surface area contributed by atoms with Crippen molar-refractivity contribution >= 4 is 12.2 Å². The van der Waals surface area contributed by atoms with Gasteiger partial charge in [0.05, 0.1) is 12.0 Å². The van der Waals surface area contributed by atoms with Crippen molar-refractivity contribution in [3.05, 3.63) is 22.9 Å². The highest BCUT2D eigenvalue weighted by atomic mass is 15.5. The average Bonchev–Trinajstić information content (AvgIpc) is 2.99. The SMILES string of the molecule is CCCCC(CC)CN(CC(CC)CCCC)Cn1nnc2c1=CC=CC(C)(C)C=2. The second-order valence-corrected chi connectivity index (χ2v) is 9.86. The predicted molar refractivity (Wildman–Crippen MR) is 129 cm³/mol. The summed E-state index contributed by atoms with van der Waals surface area (Å²) in [6.07, 6.45) is 19.3. The number of rotatable bonds is 14. The van der Waals surface area contributed by atoms with Crippen LogP contribution in [0.3, 0.4) is 0 Å². The maximum atomic E-state index is 4.56. The van der Waals surface area contributed by atoms with Gasteiger partial charge in [0.25, 0.3) is 0 Å². The van der Waals surface area contributed by atoms with Crippen LogP contribution in [0.5, 0.6) is 0 Å². The van der Waals surface area contributed by atoms with Gasteiger partial charge >= 0.3 is 0 Å². The molecule has 0 radical (unpaired) electrons. The summed E-state index contributed by atoms with van der Waals surface area (Å²) in [6.45, 7) is 16.9. The Labute approximate surface area is 185 Å². The first kappa shape index (κ1) is 24.8. The molecule has 0 fully saturated rings. The zero-order valence-corrected chi connectivity index (χ0v) is 20.5. The minimum atomic E-state index is 0.0171. The van der Waals surface area contributed by atoms with E-state index in [1.165, 1.54) is 64.5 Å². The number of hydrogen-bond donors (Lipinski definition) is 0. The van der Waals surface area contributed by atoms with E-state index in [9.17, 15) is 0 Å². The lowest BCUT2D eigenvalue weighted by Gasteiger charge is -2.30. The minimum Gasteiger partial charge on any atom is -0.284 e. The molecule has 1 heterocycles. The molecule has 0 spiro atoms. The number of nitrogens with zero attached hydrogens (tertiary/aromatic N) is 4. The van der Waals surface area contributed by atoms with Crippen LogP contribution in [-0.2, 0) is 6.67 Å². The van der Waals surface area contributed by atoms with Gasteiger partial charge in [0, 0.05) is 18.5 Å². The van der Waals surface area contributed by atoms with Crippen LogP contribution in [0.2, 0.25) is 0 Å². The summed E-state index contributed by atoms with van der Waals surface area (Å²) in [5.74, 6) is 1.54. The smallest absolute Gasteiger partial charge is 0.110 e. The van der Waals surface area contributed by atoms with E-state index in [0.717, 1.165) is 29.2 Å². The molecule has 4 heteroatoms. The van der Waals surface area contributed by atoms with Crippen LogP contribution in [0.15, 0.2) is 12.2 Å². The highest BCUT2D eigenvalue weighted by molar-refractivity contribution is 5.45. The molecule has 2 atom stereocenters. The van der Waals surface area contributed by atoms with Gasteiger partial charge < -0.3 is 0 Å². The van der Waals surface area contributed by atoms with Gasteiger partial charge in [-0.1, -0.05) is 97.4 Å². The Morgan fingerprint density at radius 2 is 1.57 bits per heavy atom. The van der Waals surface area contributed by atoms with Crippen LogP contribution in [0.25, 0.3) is 12.2 Å². The van der Waals surface area contributed by atoms with Gasteiger partial charge in [0.1, 0.15) is 5.35 Å². The van der Waals surface area contributed by atoms with Crippen molar-refractivity contribution < 1.29 is 0 Å². The third-order valence-corrected chi connectivity index (χ3v) is 6.54. The van der Waals surface area contributed by atoms with E-state index in [1.807, 2.05) is 0 Å². The van der Waals surface area contributed by atoms with Gasteiger partial charge in [-0.3, -0.25) is 4.90 Å². The molecule has 0 aromatic carbocycles. The van der Waals surface area contributed by atoms with Crippen LogP contribution in [0, 0.1) is 17.3 Å². The molecule has 1 aromatic heterocycles. The molecule has 0 N–H and O–H groups in total. The third-order valence-electron chi connectivity index (χ3n) is 6.54. The van der Waals surface area contributed by atoms with Gasteiger partial charge in [0.15, 0.2) is 0 Å². The highest BCUT2D eigenvalue weighted by Gasteiger charge is 2.19. The molecule has 2 unspecified atom stereocenters. The molecular formula is C26H46N4. The summed E-state index contributed by atoms with van der Waals surface area (Å²) >= 11 is 0. The van der Waals surface area contributed by atoms with Crippen molar-refractivity contribution in [3.8, 4) is 0 Å². The van der Waals surface area contributed by atoms with E-state index >= 15 is 0 Å². The van der Waals surface area contributed by atoms with E-state index in [0.29, 0.717) is 0 Å². The van der Waals surface area contributed by atoms with Gasteiger partial charge in [0.2, 0.25) is 0 Å². The third kappa shape index (κ3) is 7.68. The lowest BCUT2D eigenvalue weighted by molar-refractivity contribution is 0.135. The van der Waals surface area contributed by atoms with E-state index < -0.39 is 0 Å². The van der Waals surface area contributed by atoms with Crippen LogP contribution >= 0.6 is 0 Å². The fourth-order valence-corrected chi connectivity index (χ4v) is 4.44. The predicted octanol–water partition coefficient (Wildman–Crippen LogP) is 5.13. The van der Waals surface area contributed by atoms with Gasteiger partial charge in [-0.15, -0.1) is 5.10 Å². The zero-order valence-electron chi connectivity index (χ0n) is 20.5. The van der Waals surface area contributed by atoms with E-state index in [-0.39, 0.29) is 5.41 Å². The van der Waals surface area contributed by atoms with Crippen LogP contribution in [0.1, 0.15) is 92.9 Å². The molecular weight excluding hydrogens is 368 g/mol. The van der Waals surface area contributed by atoms with Gasteiger partial charge in [-0.05, 0) is 36.8 Å². The molecule has 1 aromatic rings. The van der Waals surface area contributed by atoms with Crippen LogP contribution < -0.4 is 10.7 Å². The number of allylic oxidation sites excluding steroid dienone is 2. The average molecular weight is 415 g/mol. The summed E-state index contributed by atoms with van der Waals surface area (Å²) < 4.78 is 2.12. The largest absolute Gasteiger partial charge is 0.284 e. The summed E-state index contributed by atoms with van der Waals surface area (Å²) in [7, 11) is 0. The molecule has 0 saturated carbocycles. The highest BCUT2D eigenvalue weighted by Crippen LogP contribution is 2.20. The van der Waals surface area contributed by atoms with Crippen molar-refractivity contribution in [2.45, 2.75) is 99.6 Å². The molecule has 2 rings (SSSR count). The Kier molecular flexibility index (Phi) is 10.3. The Morgan fingerprint density at radius 3 is 2.10 bits per heavy atom. The number of fused-ring (bicyclic) bond motifs is 1. The molecule has 0 aliphatic heterocycles. The maximum Gasteiger partial charge on any atom is 0.110 e. The van der Waals surface area contributed by atoms with Crippen molar-refractivity contribution in [2.75, 3.05) is 13.1 Å². The first-order valence-corrected chi connectivity index (χ1v) is 12.5. The summed E-state index contributed by atoms with van der Waals surface area (Å²) in [4.78, 5) is 2.66. The summed E-state index contributed by atoms with van der Waals surface area (Å²) in [5.41, 5.74) is 0.0171. The molecule has 0 amide bonds. The number of hydrogen-bond acceptors (Lipinski definition) is 3. The fraction of sp³-hybridized carbons (Fsp3) is 0.769. The minimum absolute atomic E-state index is 0.0171. The van der Waals surface area contributed by atoms with Crippen molar-refractivity contribution in [3.63, 3.8) is 0 Å². The molecule has 4 nitrogen and oxygen atoms in total. The van der Waals surface area contributed by atoms with Crippen LogP contribution in [-0.4, -0.2) is 33.0 Å². The van der Waals surface area contributed by atoms with E-state index in [2.05, 4.69) is 85.7 Å². The lowest BCUT2D eigenvalue weighted by atomic mass is 9.93. The first-order valence-electron chi connectivity index (χ1n) is 12.5. The molecule has 0 bridgehead atoms. The Bertz CT molecular complexity index is 740. The van der Waals surface area contributed by atoms with E-state index in [4.69, 9.17) is 0 Å². The monoisotopic (exact) mass is 414 g/mol. The van der Waals surface area contributed by atoms with Crippen molar-refractivity contribution in [2.24, 2.45) is 17.3 Å². The van der Waals surface area contributed by atoms with Crippen molar-refractivity contribution in [1.29, 1.82) is 0 Å². The lowest BCUT2D eigenvalue weighted by Crippen LogP contribution is -2.40. The summed E-state index contributed by atoms with van der Waals surface area (Å²) in [6, 6.07) is 0. The van der Waals surface area contributed by atoms with Gasteiger partial charge in [-0.2, -0.15) is 0 Å². The number of unbranched alkanes of at least 4 members (excludes halogenated alkanes) is 2. The molecule has 1 aliphatic carbocycles. The maximum absolute atomic E-state index is 4.56. The zero-order chi connectivity index (χ0) is 22.0. The van der Waals surface area contributed by atoms with Crippen molar-refractivity contribution in [1.82, 2.24) is 19.9 Å². The molecule has 30 heavy (non-hydrogen) atoms. The topological polar surface area (TPSA) is 34.0 Å². The standard InChI is InChI=1S/C26H46N4/c1-7-11-14-22(9-3)19-29(20-23(10-4)15-12-8-2)21-30-25-16-13-17-26(5,6)18-24(25)27-28-30/h13,16-18,22-23H,7-12,14-15,19-21H2,1-6H3. The first-order chi connectivity index (χ1) is 14.4. The normalized spacial score (nSPS) is 17.2. The van der Waals surface area contributed by atoms with Gasteiger partial charge in [-0.25, -0.2) is 4.68 Å². The molecule has 0 saturated heterocycles. The molecule has 170 valence electrons. The van der Waals surface area contributed by atoms with Crippen LogP contribution in [0.4, 0.5) is 0 Å². The second-order valence-electron chi connectivity index (χ2n) is 9.86. The Balaban J connectivity index is 2.23.